The molecule has 0 amide bonds. The third-order valence-corrected chi connectivity index (χ3v) is 2.93. The summed E-state index contributed by atoms with van der Waals surface area (Å²) in [5.41, 5.74) is 0.993. The van der Waals surface area contributed by atoms with Crippen LogP contribution in [0.1, 0.15) is 32.5 Å². The summed E-state index contributed by atoms with van der Waals surface area (Å²) in [6.45, 7) is 7.57. The Labute approximate surface area is 102 Å². The van der Waals surface area contributed by atoms with Gasteiger partial charge in [-0.15, -0.1) is 0 Å². The zero-order chi connectivity index (χ0) is 12.1. The van der Waals surface area contributed by atoms with E-state index in [1.807, 2.05) is 32.5 Å². The average Bonchev–Trinajstić information content (AvgIpc) is 2.62. The van der Waals surface area contributed by atoms with Crippen molar-refractivity contribution in [2.75, 3.05) is 13.7 Å². The van der Waals surface area contributed by atoms with Crippen LogP contribution in [0.15, 0.2) is 6.20 Å². The fourth-order valence-electron chi connectivity index (χ4n) is 1.89. The Morgan fingerprint density at radius 1 is 1.56 bits per heavy atom. The fourth-order valence-corrected chi connectivity index (χ4v) is 2.14. The van der Waals surface area contributed by atoms with Crippen LogP contribution in [0.3, 0.4) is 0 Å². The van der Waals surface area contributed by atoms with E-state index < -0.39 is 0 Å². The summed E-state index contributed by atoms with van der Waals surface area (Å²) >= 11 is 6.16. The largest absolute Gasteiger partial charge is 0.377 e. The van der Waals surface area contributed by atoms with Gasteiger partial charge < -0.3 is 10.1 Å². The maximum Gasteiger partial charge on any atom is 0.0835 e. The lowest BCUT2D eigenvalue weighted by atomic mass is 10.1. The summed E-state index contributed by atoms with van der Waals surface area (Å²) in [6.07, 6.45) is 1.75. The highest BCUT2D eigenvalue weighted by atomic mass is 35.5. The molecule has 0 aromatic carbocycles. The highest BCUT2D eigenvalue weighted by Gasteiger charge is 2.24. The van der Waals surface area contributed by atoms with Crippen molar-refractivity contribution in [3.05, 3.63) is 16.9 Å². The Morgan fingerprint density at radius 2 is 2.25 bits per heavy atom. The Kier molecular flexibility index (Phi) is 5.25. The lowest BCUT2D eigenvalue weighted by Gasteiger charge is -2.24. The zero-order valence-corrected chi connectivity index (χ0v) is 11.1. The second kappa shape index (κ2) is 6.23. The van der Waals surface area contributed by atoms with E-state index in [1.165, 1.54) is 0 Å². The minimum absolute atomic E-state index is 0.0644. The number of likely N-dealkylation sites (N-methyl/N-ethyl adjacent to an activating group) is 1. The molecule has 0 fully saturated rings. The second-order valence-electron chi connectivity index (χ2n) is 3.62. The van der Waals surface area contributed by atoms with Crippen LogP contribution in [0.5, 0.6) is 0 Å². The van der Waals surface area contributed by atoms with Gasteiger partial charge in [0.05, 0.1) is 29.1 Å². The van der Waals surface area contributed by atoms with E-state index in [0.717, 1.165) is 12.2 Å². The average molecular weight is 246 g/mol. The van der Waals surface area contributed by atoms with Gasteiger partial charge in [-0.1, -0.05) is 11.6 Å². The fraction of sp³-hybridized carbons (Fsp3) is 0.727. The lowest BCUT2D eigenvalue weighted by Crippen LogP contribution is -2.31. The first kappa shape index (κ1) is 13.5. The Bertz CT molecular complexity index is 327. The molecular formula is C11H20ClN3O. The number of halogens is 1. The molecule has 2 atom stereocenters. The highest BCUT2D eigenvalue weighted by molar-refractivity contribution is 6.31. The van der Waals surface area contributed by atoms with Crippen molar-refractivity contribution < 1.29 is 4.74 Å². The number of hydrogen-bond acceptors (Lipinski definition) is 3. The van der Waals surface area contributed by atoms with Gasteiger partial charge in [0.15, 0.2) is 0 Å². The van der Waals surface area contributed by atoms with E-state index in [1.54, 1.807) is 6.20 Å². The summed E-state index contributed by atoms with van der Waals surface area (Å²) in [4.78, 5) is 0. The molecule has 0 saturated carbocycles. The minimum atomic E-state index is 0.0644. The third kappa shape index (κ3) is 2.75. The summed E-state index contributed by atoms with van der Waals surface area (Å²) in [7, 11) is 1.91. The normalized spacial score (nSPS) is 15.1. The van der Waals surface area contributed by atoms with Gasteiger partial charge in [0, 0.05) is 13.2 Å². The molecule has 92 valence electrons. The molecule has 1 N–H and O–H groups in total. The van der Waals surface area contributed by atoms with Crippen molar-refractivity contribution in [1.82, 2.24) is 15.1 Å². The van der Waals surface area contributed by atoms with Crippen LogP contribution in [-0.2, 0) is 11.3 Å². The van der Waals surface area contributed by atoms with Crippen LogP contribution in [-0.4, -0.2) is 29.5 Å². The first-order valence-corrected chi connectivity index (χ1v) is 6.03. The maximum atomic E-state index is 6.16. The Morgan fingerprint density at radius 3 is 2.75 bits per heavy atom. The molecule has 0 bridgehead atoms. The predicted octanol–water partition coefficient (Wildman–Crippen LogP) is 2.24. The molecular weight excluding hydrogens is 226 g/mol. The third-order valence-electron chi connectivity index (χ3n) is 2.64. The van der Waals surface area contributed by atoms with Crippen LogP contribution in [0.25, 0.3) is 0 Å². The van der Waals surface area contributed by atoms with Gasteiger partial charge in [-0.05, 0) is 27.8 Å². The highest BCUT2D eigenvalue weighted by Crippen LogP contribution is 2.26. The van der Waals surface area contributed by atoms with Crippen LogP contribution >= 0.6 is 11.6 Å². The molecule has 16 heavy (non-hydrogen) atoms. The zero-order valence-electron chi connectivity index (χ0n) is 10.3. The van der Waals surface area contributed by atoms with Crippen molar-refractivity contribution in [2.45, 2.75) is 39.5 Å². The summed E-state index contributed by atoms with van der Waals surface area (Å²) in [5, 5.41) is 8.16. The molecule has 0 spiro atoms. The number of nitrogens with one attached hydrogen (secondary N) is 1. The first-order valence-electron chi connectivity index (χ1n) is 5.65. The second-order valence-corrected chi connectivity index (χ2v) is 4.03. The van der Waals surface area contributed by atoms with Crippen molar-refractivity contribution in [3.8, 4) is 0 Å². The molecule has 4 nitrogen and oxygen atoms in total. The SMILES string of the molecule is CCOC(C)C(NC)c1c(Cl)cnn1CC. The van der Waals surface area contributed by atoms with Crippen LogP contribution in [0.2, 0.25) is 5.02 Å². The molecule has 2 unspecified atom stereocenters. The number of rotatable bonds is 6. The number of ether oxygens (including phenoxy) is 1. The van der Waals surface area contributed by atoms with E-state index in [2.05, 4.69) is 10.4 Å². The summed E-state index contributed by atoms with van der Waals surface area (Å²) in [5.74, 6) is 0. The van der Waals surface area contributed by atoms with Gasteiger partial charge in [-0.2, -0.15) is 5.10 Å². The number of nitrogens with zero attached hydrogens (tertiary/aromatic N) is 2. The van der Waals surface area contributed by atoms with Crippen molar-refractivity contribution in [1.29, 1.82) is 0 Å². The van der Waals surface area contributed by atoms with E-state index >= 15 is 0 Å². The van der Waals surface area contributed by atoms with E-state index in [-0.39, 0.29) is 12.1 Å². The van der Waals surface area contributed by atoms with Crippen LogP contribution < -0.4 is 5.32 Å². The van der Waals surface area contributed by atoms with Gasteiger partial charge in [0.2, 0.25) is 0 Å². The molecule has 1 rings (SSSR count). The molecule has 0 saturated heterocycles. The van der Waals surface area contributed by atoms with Crippen LogP contribution in [0, 0.1) is 0 Å². The van der Waals surface area contributed by atoms with Crippen molar-refractivity contribution >= 4 is 11.6 Å². The Hall–Kier alpha value is -0.580. The van der Waals surface area contributed by atoms with Gasteiger partial charge >= 0.3 is 0 Å². The van der Waals surface area contributed by atoms with Gasteiger partial charge in [-0.25, -0.2) is 0 Å². The molecule has 5 heteroatoms. The molecule has 0 aliphatic heterocycles. The van der Waals surface area contributed by atoms with E-state index in [0.29, 0.717) is 11.6 Å². The molecule has 0 aliphatic rings. The van der Waals surface area contributed by atoms with Gasteiger partial charge in [0.25, 0.3) is 0 Å². The molecule has 1 heterocycles. The van der Waals surface area contributed by atoms with E-state index in [9.17, 15) is 0 Å². The smallest absolute Gasteiger partial charge is 0.0835 e. The standard InChI is InChI=1S/C11H20ClN3O/c1-5-15-11(9(12)7-14-15)10(13-4)8(3)16-6-2/h7-8,10,13H,5-6H2,1-4H3. The molecule has 1 aromatic heterocycles. The van der Waals surface area contributed by atoms with Crippen molar-refractivity contribution in [3.63, 3.8) is 0 Å². The summed E-state index contributed by atoms with van der Waals surface area (Å²) in [6, 6.07) is 0.0647. The molecule has 0 radical (unpaired) electrons. The first-order chi connectivity index (χ1) is 7.65. The predicted molar refractivity (Wildman–Crippen MR) is 65.8 cm³/mol. The molecule has 1 aromatic rings. The topological polar surface area (TPSA) is 39.1 Å². The van der Waals surface area contributed by atoms with Gasteiger partial charge in [-0.3, -0.25) is 4.68 Å². The quantitative estimate of drug-likeness (QED) is 0.836. The number of aromatic nitrogens is 2. The van der Waals surface area contributed by atoms with Gasteiger partial charge in [0.1, 0.15) is 0 Å². The van der Waals surface area contributed by atoms with E-state index in [4.69, 9.17) is 16.3 Å². The number of aryl methyl sites for hydroxylation is 1. The summed E-state index contributed by atoms with van der Waals surface area (Å²) < 4.78 is 7.51. The monoisotopic (exact) mass is 245 g/mol. The molecule has 0 aliphatic carbocycles. The lowest BCUT2D eigenvalue weighted by molar-refractivity contribution is 0.0470. The van der Waals surface area contributed by atoms with Crippen LogP contribution in [0.4, 0.5) is 0 Å². The maximum absolute atomic E-state index is 6.16. The number of hydrogen-bond donors (Lipinski definition) is 1. The minimum Gasteiger partial charge on any atom is -0.377 e. The Balaban J connectivity index is 2.97. The van der Waals surface area contributed by atoms with Crippen molar-refractivity contribution in [2.24, 2.45) is 0 Å².